The molecule has 1 aliphatic heterocycles. The van der Waals surface area contributed by atoms with Crippen LogP contribution in [0.5, 0.6) is 0 Å². The fraction of sp³-hybridized carbons (Fsp3) is 0.379. The molecule has 1 aliphatic rings. The maximum absolute atomic E-state index is 12.7. The van der Waals surface area contributed by atoms with Crippen molar-refractivity contribution < 1.29 is 9.59 Å². The summed E-state index contributed by atoms with van der Waals surface area (Å²) < 4.78 is 0. The largest absolute Gasteiger partial charge is 0.344 e. The van der Waals surface area contributed by atoms with E-state index in [1.54, 1.807) is 0 Å². The van der Waals surface area contributed by atoms with Crippen molar-refractivity contribution in [3.05, 3.63) is 88.1 Å². The van der Waals surface area contributed by atoms with E-state index < -0.39 is 0 Å². The molecule has 1 saturated heterocycles. The molecule has 4 rings (SSSR count). The Morgan fingerprint density at radius 1 is 1.00 bits per heavy atom. The van der Waals surface area contributed by atoms with E-state index in [2.05, 4.69) is 39.8 Å². The molecule has 0 saturated carbocycles. The Morgan fingerprint density at radius 3 is 2.46 bits per heavy atom. The van der Waals surface area contributed by atoms with Gasteiger partial charge in [-0.25, -0.2) is 0 Å². The van der Waals surface area contributed by atoms with E-state index in [9.17, 15) is 9.59 Å². The predicted molar refractivity (Wildman–Crippen MR) is 144 cm³/mol. The van der Waals surface area contributed by atoms with Crippen molar-refractivity contribution in [3.8, 4) is 0 Å². The lowest BCUT2D eigenvalue weighted by atomic mass is 9.89. The zero-order valence-corrected chi connectivity index (χ0v) is 21.4. The number of carbonyl (C=O) groups excluding carboxylic acids is 2. The smallest absolute Gasteiger partial charge is 0.261 e. The first-order chi connectivity index (χ1) is 17.0. The van der Waals surface area contributed by atoms with Crippen LogP contribution >= 0.6 is 11.3 Å². The zero-order valence-electron chi connectivity index (χ0n) is 20.6. The van der Waals surface area contributed by atoms with Gasteiger partial charge in [0.1, 0.15) is 0 Å². The molecule has 3 aromatic rings. The third-order valence-corrected chi connectivity index (χ3v) is 7.59. The van der Waals surface area contributed by atoms with Gasteiger partial charge in [0.25, 0.3) is 5.91 Å². The highest BCUT2D eigenvalue weighted by Crippen LogP contribution is 2.30. The molecular formula is C29H35N3O2S. The molecule has 6 heteroatoms. The molecule has 0 bridgehead atoms. The lowest BCUT2D eigenvalue weighted by molar-refractivity contribution is -0.118. The van der Waals surface area contributed by atoms with Gasteiger partial charge >= 0.3 is 0 Å². The van der Waals surface area contributed by atoms with Crippen LogP contribution in [0, 0.1) is 5.92 Å². The third kappa shape index (κ3) is 7.03. The molecular weight excluding hydrogens is 454 g/mol. The molecule has 1 unspecified atom stereocenters. The third-order valence-electron chi connectivity index (χ3n) is 6.72. The Morgan fingerprint density at radius 2 is 1.77 bits per heavy atom. The van der Waals surface area contributed by atoms with Gasteiger partial charge in [0, 0.05) is 18.2 Å². The minimum Gasteiger partial charge on any atom is -0.344 e. The maximum Gasteiger partial charge on any atom is 0.261 e. The van der Waals surface area contributed by atoms with Crippen molar-refractivity contribution in [2.75, 3.05) is 25.0 Å². The first-order valence-corrected chi connectivity index (χ1v) is 13.4. The average Bonchev–Trinajstić information content (AvgIpc) is 3.43. The number of carbonyl (C=O) groups is 2. The normalized spacial score (nSPS) is 15.6. The summed E-state index contributed by atoms with van der Waals surface area (Å²) in [6.45, 7) is 6.83. The van der Waals surface area contributed by atoms with Crippen LogP contribution in [0.4, 0.5) is 5.69 Å². The van der Waals surface area contributed by atoms with Gasteiger partial charge in [0.05, 0.1) is 10.9 Å². The summed E-state index contributed by atoms with van der Waals surface area (Å²) in [5, 5.41) is 8.21. The molecule has 0 aliphatic carbocycles. The van der Waals surface area contributed by atoms with Crippen LogP contribution in [0.1, 0.15) is 65.9 Å². The lowest BCUT2D eigenvalue weighted by Gasteiger charge is -2.33. The fourth-order valence-corrected chi connectivity index (χ4v) is 5.23. The van der Waals surface area contributed by atoms with Crippen molar-refractivity contribution in [3.63, 3.8) is 0 Å². The van der Waals surface area contributed by atoms with Gasteiger partial charge in [-0.15, -0.1) is 11.3 Å². The number of thiophene rings is 1. The Labute approximate surface area is 212 Å². The van der Waals surface area contributed by atoms with Gasteiger partial charge in [-0.1, -0.05) is 62.4 Å². The van der Waals surface area contributed by atoms with Gasteiger partial charge in [0.15, 0.2) is 0 Å². The van der Waals surface area contributed by atoms with E-state index in [0.717, 1.165) is 55.0 Å². The second kappa shape index (κ2) is 12.1. The molecule has 184 valence electrons. The highest BCUT2D eigenvalue weighted by atomic mass is 32.1. The number of nitrogens with zero attached hydrogens (tertiary/aromatic N) is 1. The van der Waals surface area contributed by atoms with Gasteiger partial charge in [-0.2, -0.15) is 0 Å². The minimum absolute atomic E-state index is 0.00278. The van der Waals surface area contributed by atoms with Crippen LogP contribution in [0.25, 0.3) is 0 Å². The van der Waals surface area contributed by atoms with E-state index in [4.69, 9.17) is 0 Å². The van der Waals surface area contributed by atoms with Crippen LogP contribution < -0.4 is 10.6 Å². The predicted octanol–water partition coefficient (Wildman–Crippen LogP) is 6.08. The Bertz CT molecular complexity index is 1090. The molecule has 1 fully saturated rings. The number of likely N-dealkylation sites (tertiary alicyclic amines) is 1. The number of hydrogen-bond acceptors (Lipinski definition) is 4. The summed E-state index contributed by atoms with van der Waals surface area (Å²) in [5.74, 6) is 0.524. The Balaban J connectivity index is 1.32. The highest BCUT2D eigenvalue weighted by Gasteiger charge is 2.23. The lowest BCUT2D eigenvalue weighted by Crippen LogP contribution is -2.36. The van der Waals surface area contributed by atoms with Crippen LogP contribution in [0.3, 0.4) is 0 Å². The standard InChI is InChI=1S/C29H35N3O2S/c1-21(2)28(33)30-25-11-6-10-24(20-25)22-13-16-32(17-14-22)18-15-26(23-8-4-3-5-9-23)31-29(34)27-12-7-19-35-27/h3-12,19-22,26H,13-18H2,1-2H3,(H,30,33)(H,31,34). The summed E-state index contributed by atoms with van der Waals surface area (Å²) in [6.07, 6.45) is 3.07. The maximum atomic E-state index is 12.7. The van der Waals surface area contributed by atoms with Crippen molar-refractivity contribution in [2.24, 2.45) is 5.92 Å². The van der Waals surface area contributed by atoms with Gasteiger partial charge in [-0.3, -0.25) is 9.59 Å². The van der Waals surface area contributed by atoms with Crippen molar-refractivity contribution in [2.45, 2.75) is 45.1 Å². The van der Waals surface area contributed by atoms with E-state index >= 15 is 0 Å². The van der Waals surface area contributed by atoms with E-state index in [1.165, 1.54) is 16.9 Å². The monoisotopic (exact) mass is 489 g/mol. The molecule has 35 heavy (non-hydrogen) atoms. The summed E-state index contributed by atoms with van der Waals surface area (Å²) >= 11 is 1.47. The summed E-state index contributed by atoms with van der Waals surface area (Å²) in [6, 6.07) is 22.3. The molecule has 5 nitrogen and oxygen atoms in total. The SMILES string of the molecule is CC(C)C(=O)Nc1cccc(C2CCN(CCC(NC(=O)c3cccs3)c3ccccc3)CC2)c1. The molecule has 2 N–H and O–H groups in total. The second-order valence-electron chi connectivity index (χ2n) is 9.59. The summed E-state index contributed by atoms with van der Waals surface area (Å²) in [5.41, 5.74) is 3.33. The summed E-state index contributed by atoms with van der Waals surface area (Å²) in [4.78, 5) is 28.1. The number of anilines is 1. The topological polar surface area (TPSA) is 61.4 Å². The van der Waals surface area contributed by atoms with Crippen molar-refractivity contribution >= 4 is 28.8 Å². The Hall–Kier alpha value is -2.96. The number of piperidine rings is 1. The minimum atomic E-state index is -0.0308. The van der Waals surface area contributed by atoms with Crippen LogP contribution in [-0.2, 0) is 4.79 Å². The van der Waals surface area contributed by atoms with Crippen LogP contribution in [0.15, 0.2) is 72.1 Å². The first kappa shape index (κ1) is 25.1. The van der Waals surface area contributed by atoms with Crippen molar-refractivity contribution in [1.82, 2.24) is 10.2 Å². The van der Waals surface area contributed by atoms with Crippen LogP contribution in [0.2, 0.25) is 0 Å². The number of rotatable bonds is 9. The van der Waals surface area contributed by atoms with E-state index in [-0.39, 0.29) is 23.8 Å². The van der Waals surface area contributed by atoms with Gasteiger partial charge in [0.2, 0.25) is 5.91 Å². The number of benzene rings is 2. The quantitative estimate of drug-likeness (QED) is 0.383. The second-order valence-corrected chi connectivity index (χ2v) is 10.5. The molecule has 2 amide bonds. The Kier molecular flexibility index (Phi) is 8.72. The highest BCUT2D eigenvalue weighted by molar-refractivity contribution is 7.12. The molecule has 0 spiro atoms. The number of hydrogen-bond donors (Lipinski definition) is 2. The van der Waals surface area contributed by atoms with E-state index in [0.29, 0.717) is 5.92 Å². The van der Waals surface area contributed by atoms with Gasteiger partial charge in [-0.05, 0) is 73.0 Å². The fourth-order valence-electron chi connectivity index (χ4n) is 4.60. The average molecular weight is 490 g/mol. The van der Waals surface area contributed by atoms with Crippen molar-refractivity contribution in [1.29, 1.82) is 0 Å². The van der Waals surface area contributed by atoms with Gasteiger partial charge < -0.3 is 15.5 Å². The molecule has 1 atom stereocenters. The molecule has 1 aromatic heterocycles. The number of nitrogens with one attached hydrogen (secondary N) is 2. The summed E-state index contributed by atoms with van der Waals surface area (Å²) in [7, 11) is 0. The molecule has 2 aromatic carbocycles. The molecule has 0 radical (unpaired) electrons. The first-order valence-electron chi connectivity index (χ1n) is 12.5. The number of amides is 2. The molecule has 2 heterocycles. The van der Waals surface area contributed by atoms with E-state index in [1.807, 2.05) is 61.7 Å². The van der Waals surface area contributed by atoms with Crippen LogP contribution in [-0.4, -0.2) is 36.3 Å². The zero-order chi connectivity index (χ0) is 24.6.